The van der Waals surface area contributed by atoms with Crippen LogP contribution in [0.5, 0.6) is 5.75 Å². The second kappa shape index (κ2) is 8.30. The first kappa shape index (κ1) is 17.7. The zero-order chi connectivity index (χ0) is 17.5. The van der Waals surface area contributed by atoms with Gasteiger partial charge in [-0.25, -0.2) is 0 Å². The van der Waals surface area contributed by atoms with Crippen LogP contribution in [-0.2, 0) is 14.3 Å². The van der Waals surface area contributed by atoms with Gasteiger partial charge in [-0.2, -0.15) is 0 Å². The molecule has 0 aliphatic carbocycles. The van der Waals surface area contributed by atoms with Crippen LogP contribution in [0.1, 0.15) is 16.8 Å². The maximum atomic E-state index is 12.2. The zero-order valence-electron chi connectivity index (χ0n) is 13.4. The number of carbonyl (C=O) groups is 3. The van der Waals surface area contributed by atoms with Gasteiger partial charge in [0.15, 0.2) is 0 Å². The van der Waals surface area contributed by atoms with Gasteiger partial charge in [0.1, 0.15) is 5.75 Å². The SMILES string of the molecule is COc1cccc(C(=O)NCC(=O)N2CCOC(CC(=O)O)C2)c1. The number of hydrogen-bond donors (Lipinski definition) is 2. The molecular formula is C16H20N2O6. The summed E-state index contributed by atoms with van der Waals surface area (Å²) in [6, 6.07) is 6.61. The molecule has 0 saturated carbocycles. The predicted octanol–water partition coefficient (Wildman–Crippen LogP) is 0.127. The van der Waals surface area contributed by atoms with E-state index in [4.69, 9.17) is 14.6 Å². The number of rotatable bonds is 6. The quantitative estimate of drug-likeness (QED) is 0.765. The smallest absolute Gasteiger partial charge is 0.306 e. The fourth-order valence-corrected chi connectivity index (χ4v) is 2.40. The molecule has 1 saturated heterocycles. The number of morpholine rings is 1. The van der Waals surface area contributed by atoms with Crippen molar-refractivity contribution in [1.29, 1.82) is 0 Å². The third-order valence-electron chi connectivity index (χ3n) is 3.63. The number of benzene rings is 1. The van der Waals surface area contributed by atoms with E-state index in [1.807, 2.05) is 0 Å². The van der Waals surface area contributed by atoms with E-state index in [0.29, 0.717) is 17.9 Å². The third-order valence-corrected chi connectivity index (χ3v) is 3.63. The fourth-order valence-electron chi connectivity index (χ4n) is 2.40. The number of hydrogen-bond acceptors (Lipinski definition) is 5. The molecule has 2 N–H and O–H groups in total. The Balaban J connectivity index is 1.85. The minimum Gasteiger partial charge on any atom is -0.497 e. The molecule has 1 aliphatic heterocycles. The highest BCUT2D eigenvalue weighted by molar-refractivity contribution is 5.96. The Hall–Kier alpha value is -2.61. The number of ether oxygens (including phenoxy) is 2. The summed E-state index contributed by atoms with van der Waals surface area (Å²) < 4.78 is 10.4. The van der Waals surface area contributed by atoms with Gasteiger partial charge in [0.05, 0.1) is 32.8 Å². The molecular weight excluding hydrogens is 316 g/mol. The van der Waals surface area contributed by atoms with Gasteiger partial charge in [-0.1, -0.05) is 6.07 Å². The Bertz CT molecular complexity index is 618. The van der Waals surface area contributed by atoms with E-state index in [1.54, 1.807) is 24.3 Å². The molecule has 1 unspecified atom stereocenters. The van der Waals surface area contributed by atoms with E-state index in [9.17, 15) is 14.4 Å². The van der Waals surface area contributed by atoms with Crippen LogP contribution in [0.4, 0.5) is 0 Å². The van der Waals surface area contributed by atoms with Gasteiger partial charge in [0.2, 0.25) is 5.91 Å². The monoisotopic (exact) mass is 336 g/mol. The molecule has 2 rings (SSSR count). The topological polar surface area (TPSA) is 105 Å². The molecule has 24 heavy (non-hydrogen) atoms. The minimum absolute atomic E-state index is 0.153. The van der Waals surface area contributed by atoms with Crippen molar-refractivity contribution in [3.05, 3.63) is 29.8 Å². The van der Waals surface area contributed by atoms with Crippen molar-refractivity contribution in [2.24, 2.45) is 0 Å². The van der Waals surface area contributed by atoms with Crippen molar-refractivity contribution < 1.29 is 29.0 Å². The van der Waals surface area contributed by atoms with Crippen LogP contribution < -0.4 is 10.1 Å². The van der Waals surface area contributed by atoms with Crippen molar-refractivity contribution in [2.45, 2.75) is 12.5 Å². The molecule has 0 radical (unpaired) electrons. The maximum Gasteiger partial charge on any atom is 0.306 e. The molecule has 0 bridgehead atoms. The standard InChI is InChI=1S/C16H20N2O6/c1-23-12-4-2-3-11(7-12)16(22)17-9-14(19)18-5-6-24-13(10-18)8-15(20)21/h2-4,7,13H,5-6,8-10H2,1H3,(H,17,22)(H,20,21). The first-order valence-corrected chi connectivity index (χ1v) is 7.53. The molecule has 8 nitrogen and oxygen atoms in total. The fraction of sp³-hybridized carbons (Fsp3) is 0.438. The highest BCUT2D eigenvalue weighted by Gasteiger charge is 2.26. The first-order valence-electron chi connectivity index (χ1n) is 7.53. The number of methoxy groups -OCH3 is 1. The second-order valence-corrected chi connectivity index (χ2v) is 5.35. The minimum atomic E-state index is -0.972. The number of carbonyl (C=O) groups excluding carboxylic acids is 2. The predicted molar refractivity (Wildman–Crippen MR) is 83.9 cm³/mol. The summed E-state index contributed by atoms with van der Waals surface area (Å²) in [5.74, 6) is -1.07. The van der Waals surface area contributed by atoms with Crippen LogP contribution in [0.15, 0.2) is 24.3 Å². The molecule has 1 fully saturated rings. The van der Waals surface area contributed by atoms with Crippen LogP contribution >= 0.6 is 0 Å². The van der Waals surface area contributed by atoms with Crippen molar-refractivity contribution in [2.75, 3.05) is 33.4 Å². The van der Waals surface area contributed by atoms with Gasteiger partial charge in [-0.05, 0) is 18.2 Å². The van der Waals surface area contributed by atoms with Crippen LogP contribution in [0.2, 0.25) is 0 Å². The van der Waals surface area contributed by atoms with E-state index in [1.165, 1.54) is 12.0 Å². The third kappa shape index (κ3) is 4.95. The summed E-state index contributed by atoms with van der Waals surface area (Å²) in [6.07, 6.45) is -0.672. The van der Waals surface area contributed by atoms with Gasteiger partial charge >= 0.3 is 5.97 Å². The summed E-state index contributed by atoms with van der Waals surface area (Å²) in [5, 5.41) is 11.3. The Morgan fingerprint density at radius 2 is 2.21 bits per heavy atom. The van der Waals surface area contributed by atoms with E-state index < -0.39 is 12.1 Å². The Labute approximate surface area is 139 Å². The van der Waals surface area contributed by atoms with Gasteiger partial charge in [0, 0.05) is 18.7 Å². The molecule has 1 heterocycles. The largest absolute Gasteiger partial charge is 0.497 e. The number of carboxylic acids is 1. The van der Waals surface area contributed by atoms with Crippen molar-refractivity contribution in [3.63, 3.8) is 0 Å². The van der Waals surface area contributed by atoms with E-state index in [0.717, 1.165) is 0 Å². The highest BCUT2D eigenvalue weighted by atomic mass is 16.5. The van der Waals surface area contributed by atoms with Gasteiger partial charge < -0.3 is 24.8 Å². The molecule has 2 amide bonds. The molecule has 1 aromatic rings. The van der Waals surface area contributed by atoms with E-state index in [-0.39, 0.29) is 37.9 Å². The first-order chi connectivity index (χ1) is 11.5. The van der Waals surface area contributed by atoms with Gasteiger partial charge in [-0.15, -0.1) is 0 Å². The molecule has 1 aromatic carbocycles. The number of amides is 2. The maximum absolute atomic E-state index is 12.2. The molecule has 0 aromatic heterocycles. The average Bonchev–Trinajstić information content (AvgIpc) is 2.59. The van der Waals surface area contributed by atoms with E-state index in [2.05, 4.69) is 5.32 Å². The van der Waals surface area contributed by atoms with Gasteiger partial charge in [-0.3, -0.25) is 14.4 Å². The molecule has 0 spiro atoms. The lowest BCUT2D eigenvalue weighted by atomic mass is 10.2. The molecule has 8 heteroatoms. The normalized spacial score (nSPS) is 17.2. The summed E-state index contributed by atoms with van der Waals surface area (Å²) in [5.41, 5.74) is 0.396. The Kier molecular flexibility index (Phi) is 6.14. The Morgan fingerprint density at radius 3 is 2.92 bits per heavy atom. The molecule has 1 atom stereocenters. The summed E-state index contributed by atoms with van der Waals surface area (Å²) in [6.45, 7) is 0.716. The zero-order valence-corrected chi connectivity index (χ0v) is 13.4. The number of nitrogens with zero attached hydrogens (tertiary/aromatic N) is 1. The molecule has 130 valence electrons. The molecule has 1 aliphatic rings. The van der Waals surface area contributed by atoms with Crippen molar-refractivity contribution >= 4 is 17.8 Å². The number of carboxylic acid groups (broad SMARTS) is 1. The second-order valence-electron chi connectivity index (χ2n) is 5.35. The lowest BCUT2D eigenvalue weighted by Gasteiger charge is -2.32. The average molecular weight is 336 g/mol. The highest BCUT2D eigenvalue weighted by Crippen LogP contribution is 2.12. The summed E-state index contributed by atoms with van der Waals surface area (Å²) >= 11 is 0. The number of nitrogens with one attached hydrogen (secondary N) is 1. The van der Waals surface area contributed by atoms with Crippen molar-refractivity contribution in [1.82, 2.24) is 10.2 Å². The summed E-state index contributed by atoms with van der Waals surface area (Å²) in [4.78, 5) is 36.5. The van der Waals surface area contributed by atoms with Crippen LogP contribution in [0.3, 0.4) is 0 Å². The Morgan fingerprint density at radius 1 is 1.42 bits per heavy atom. The van der Waals surface area contributed by atoms with Crippen LogP contribution in [-0.4, -0.2) is 67.2 Å². The lowest BCUT2D eigenvalue weighted by Crippen LogP contribution is -2.49. The van der Waals surface area contributed by atoms with E-state index >= 15 is 0 Å². The van der Waals surface area contributed by atoms with Crippen LogP contribution in [0, 0.1) is 0 Å². The van der Waals surface area contributed by atoms with Crippen LogP contribution in [0.25, 0.3) is 0 Å². The summed E-state index contributed by atoms with van der Waals surface area (Å²) in [7, 11) is 1.51. The number of aliphatic carboxylic acids is 1. The van der Waals surface area contributed by atoms with Crippen molar-refractivity contribution in [3.8, 4) is 5.75 Å². The van der Waals surface area contributed by atoms with Gasteiger partial charge in [0.25, 0.3) is 5.91 Å². The lowest BCUT2D eigenvalue weighted by molar-refractivity contribution is -0.147.